The van der Waals surface area contributed by atoms with E-state index < -0.39 is 0 Å². The number of carbonyl (C=O) groups is 1. The predicted molar refractivity (Wildman–Crippen MR) is 89.6 cm³/mol. The smallest absolute Gasteiger partial charge is 0.223 e. The maximum atomic E-state index is 12.5. The summed E-state index contributed by atoms with van der Waals surface area (Å²) in [6, 6.07) is 13.7. The van der Waals surface area contributed by atoms with Crippen molar-refractivity contribution in [2.75, 3.05) is 6.54 Å². The van der Waals surface area contributed by atoms with Crippen molar-refractivity contribution in [2.24, 2.45) is 0 Å². The second-order valence-electron chi connectivity index (χ2n) is 5.17. The summed E-state index contributed by atoms with van der Waals surface area (Å²) >= 11 is 1.69. The first-order chi connectivity index (χ1) is 10.7. The lowest BCUT2D eigenvalue weighted by Gasteiger charge is -2.28. The summed E-state index contributed by atoms with van der Waals surface area (Å²) in [6.45, 7) is 4.72. The quantitative estimate of drug-likeness (QED) is 0.804. The lowest BCUT2D eigenvalue weighted by molar-refractivity contribution is -0.133. The molecule has 2 aromatic rings. The van der Waals surface area contributed by atoms with Crippen LogP contribution in [0.5, 0.6) is 0 Å². The van der Waals surface area contributed by atoms with Crippen LogP contribution in [-0.2, 0) is 11.2 Å². The molecule has 1 atom stereocenters. The Morgan fingerprint density at radius 2 is 2.05 bits per heavy atom. The number of carbonyl (C=O) groups excluding carboxylic acids is 1. The average molecular weight is 312 g/mol. The van der Waals surface area contributed by atoms with Crippen LogP contribution in [-0.4, -0.2) is 17.4 Å². The van der Waals surface area contributed by atoms with Crippen molar-refractivity contribution in [3.8, 4) is 6.07 Å². The van der Waals surface area contributed by atoms with Crippen molar-refractivity contribution >= 4 is 17.2 Å². The maximum Gasteiger partial charge on any atom is 0.223 e. The molecule has 3 nitrogen and oxygen atoms in total. The molecule has 0 N–H and O–H groups in total. The van der Waals surface area contributed by atoms with Crippen LogP contribution in [0.25, 0.3) is 0 Å². The van der Waals surface area contributed by atoms with Crippen molar-refractivity contribution in [3.63, 3.8) is 0 Å². The van der Waals surface area contributed by atoms with E-state index in [0.29, 0.717) is 18.5 Å². The third kappa shape index (κ3) is 3.96. The van der Waals surface area contributed by atoms with Gasteiger partial charge < -0.3 is 4.90 Å². The molecule has 0 saturated carbocycles. The topological polar surface area (TPSA) is 44.1 Å². The van der Waals surface area contributed by atoms with E-state index in [9.17, 15) is 4.79 Å². The van der Waals surface area contributed by atoms with E-state index in [-0.39, 0.29) is 11.9 Å². The maximum absolute atomic E-state index is 12.5. The Morgan fingerprint density at radius 1 is 1.32 bits per heavy atom. The zero-order valence-corrected chi connectivity index (χ0v) is 13.8. The van der Waals surface area contributed by atoms with Crippen molar-refractivity contribution in [1.29, 1.82) is 5.26 Å². The molecular formula is C18H20N2OS. The van der Waals surface area contributed by atoms with Crippen LogP contribution in [0, 0.1) is 11.3 Å². The molecule has 0 saturated heterocycles. The van der Waals surface area contributed by atoms with E-state index in [1.807, 2.05) is 42.3 Å². The minimum atomic E-state index is 0.0218. The summed E-state index contributed by atoms with van der Waals surface area (Å²) in [7, 11) is 0. The predicted octanol–water partition coefficient (Wildman–Crippen LogP) is 4.16. The van der Waals surface area contributed by atoms with Crippen LogP contribution in [0.1, 0.15) is 42.3 Å². The number of hydrogen-bond donors (Lipinski definition) is 0. The number of benzene rings is 1. The van der Waals surface area contributed by atoms with Crippen LogP contribution in [0.15, 0.2) is 41.8 Å². The van der Waals surface area contributed by atoms with Gasteiger partial charge >= 0.3 is 0 Å². The Hall–Kier alpha value is -2.12. The molecular weight excluding hydrogens is 292 g/mol. The van der Waals surface area contributed by atoms with E-state index in [1.54, 1.807) is 23.5 Å². The molecule has 0 aliphatic carbocycles. The van der Waals surface area contributed by atoms with Gasteiger partial charge in [0, 0.05) is 17.8 Å². The Kier molecular flexibility index (Phi) is 5.74. The van der Waals surface area contributed by atoms with Gasteiger partial charge in [-0.1, -0.05) is 18.2 Å². The SMILES string of the molecule is CCN(C(=O)CCc1cccs1)[C@@H](C)c1ccc(C#N)cc1. The standard InChI is InChI=1S/C18H20N2OS/c1-3-20(18(21)11-10-17-5-4-12-22-17)14(2)16-8-6-15(13-19)7-9-16/h4-9,12,14H,3,10-11H2,1-2H3/t14-/m0/s1. The Labute approximate surface area is 135 Å². The highest BCUT2D eigenvalue weighted by Gasteiger charge is 2.19. The van der Waals surface area contributed by atoms with E-state index in [2.05, 4.69) is 12.1 Å². The van der Waals surface area contributed by atoms with Gasteiger partial charge in [0.15, 0.2) is 0 Å². The van der Waals surface area contributed by atoms with Crippen LogP contribution >= 0.6 is 11.3 Å². The lowest BCUT2D eigenvalue weighted by Crippen LogP contribution is -2.33. The fraction of sp³-hybridized carbons (Fsp3) is 0.333. The minimum absolute atomic E-state index is 0.0218. The molecule has 0 radical (unpaired) electrons. The summed E-state index contributed by atoms with van der Waals surface area (Å²) in [4.78, 5) is 15.6. The van der Waals surface area contributed by atoms with Gasteiger partial charge in [-0.2, -0.15) is 5.26 Å². The van der Waals surface area contributed by atoms with E-state index in [0.717, 1.165) is 12.0 Å². The first-order valence-electron chi connectivity index (χ1n) is 7.47. The number of thiophene rings is 1. The number of amides is 1. The van der Waals surface area contributed by atoms with E-state index in [4.69, 9.17) is 5.26 Å². The molecule has 1 aromatic heterocycles. The van der Waals surface area contributed by atoms with Gasteiger partial charge in [-0.25, -0.2) is 0 Å². The van der Waals surface area contributed by atoms with Crippen molar-refractivity contribution < 1.29 is 4.79 Å². The molecule has 0 bridgehead atoms. The molecule has 2 rings (SSSR count). The highest BCUT2D eigenvalue weighted by atomic mass is 32.1. The first kappa shape index (κ1) is 16.3. The Bertz CT molecular complexity index is 641. The fourth-order valence-electron chi connectivity index (χ4n) is 2.51. The Morgan fingerprint density at radius 3 is 2.59 bits per heavy atom. The highest BCUT2D eigenvalue weighted by molar-refractivity contribution is 7.09. The van der Waals surface area contributed by atoms with Crippen LogP contribution in [0.3, 0.4) is 0 Å². The van der Waals surface area contributed by atoms with Crippen molar-refractivity contribution in [1.82, 2.24) is 4.90 Å². The second kappa shape index (κ2) is 7.77. The van der Waals surface area contributed by atoms with Crippen molar-refractivity contribution in [3.05, 3.63) is 57.8 Å². The Balaban J connectivity index is 2.02. The molecule has 114 valence electrons. The molecule has 0 spiro atoms. The number of hydrogen-bond acceptors (Lipinski definition) is 3. The normalized spacial score (nSPS) is 11.7. The van der Waals surface area contributed by atoms with Gasteiger partial charge in [-0.3, -0.25) is 4.79 Å². The third-order valence-corrected chi connectivity index (χ3v) is 4.75. The van der Waals surface area contributed by atoms with Gasteiger partial charge in [-0.15, -0.1) is 11.3 Å². The third-order valence-electron chi connectivity index (χ3n) is 3.82. The molecule has 0 unspecified atom stereocenters. The zero-order chi connectivity index (χ0) is 15.9. The van der Waals surface area contributed by atoms with Crippen molar-refractivity contribution in [2.45, 2.75) is 32.7 Å². The summed E-state index contributed by atoms with van der Waals surface area (Å²) < 4.78 is 0. The average Bonchev–Trinajstić information content (AvgIpc) is 3.07. The highest BCUT2D eigenvalue weighted by Crippen LogP contribution is 2.22. The molecule has 1 heterocycles. The van der Waals surface area contributed by atoms with Gasteiger partial charge in [-0.05, 0) is 49.4 Å². The molecule has 0 aliphatic rings. The van der Waals surface area contributed by atoms with Crippen LogP contribution < -0.4 is 0 Å². The molecule has 0 aliphatic heterocycles. The summed E-state index contributed by atoms with van der Waals surface area (Å²) in [5.41, 5.74) is 1.70. The van der Waals surface area contributed by atoms with Crippen LogP contribution in [0.2, 0.25) is 0 Å². The number of nitrogens with zero attached hydrogens (tertiary/aromatic N) is 2. The molecule has 4 heteroatoms. The van der Waals surface area contributed by atoms with Gasteiger partial charge in [0.05, 0.1) is 17.7 Å². The fourth-order valence-corrected chi connectivity index (χ4v) is 3.22. The van der Waals surface area contributed by atoms with Gasteiger partial charge in [0.2, 0.25) is 5.91 Å². The monoisotopic (exact) mass is 312 g/mol. The molecule has 1 amide bonds. The first-order valence-corrected chi connectivity index (χ1v) is 8.35. The zero-order valence-electron chi connectivity index (χ0n) is 13.0. The summed E-state index contributed by atoms with van der Waals surface area (Å²) in [5.74, 6) is 0.174. The second-order valence-corrected chi connectivity index (χ2v) is 6.20. The largest absolute Gasteiger partial charge is 0.336 e. The number of nitriles is 1. The number of rotatable bonds is 6. The summed E-state index contributed by atoms with van der Waals surface area (Å²) in [5, 5.41) is 10.9. The molecule has 22 heavy (non-hydrogen) atoms. The summed E-state index contributed by atoms with van der Waals surface area (Å²) in [6.07, 6.45) is 1.34. The lowest BCUT2D eigenvalue weighted by atomic mass is 10.0. The van der Waals surface area contributed by atoms with Crippen LogP contribution in [0.4, 0.5) is 0 Å². The van der Waals surface area contributed by atoms with E-state index >= 15 is 0 Å². The minimum Gasteiger partial charge on any atom is -0.336 e. The van der Waals surface area contributed by atoms with E-state index in [1.165, 1.54) is 4.88 Å². The van der Waals surface area contributed by atoms with Gasteiger partial charge in [0.1, 0.15) is 0 Å². The van der Waals surface area contributed by atoms with Gasteiger partial charge in [0.25, 0.3) is 0 Å². The molecule has 1 aromatic carbocycles. The molecule has 0 fully saturated rings. The number of aryl methyl sites for hydroxylation is 1.